The number of carbonyl (C=O) groups excluding carboxylic acids is 1. The number of aryl methyl sites for hydroxylation is 1. The van der Waals surface area contributed by atoms with Gasteiger partial charge in [0.05, 0.1) is 31.0 Å². The van der Waals surface area contributed by atoms with Crippen molar-refractivity contribution in [2.24, 2.45) is 0 Å². The van der Waals surface area contributed by atoms with E-state index in [9.17, 15) is 9.90 Å². The Morgan fingerprint density at radius 1 is 1.33 bits per heavy atom. The van der Waals surface area contributed by atoms with Gasteiger partial charge < -0.3 is 20.1 Å². The molecule has 1 saturated carbocycles. The number of rotatable bonds is 8. The van der Waals surface area contributed by atoms with Crippen molar-refractivity contribution in [3.05, 3.63) is 11.9 Å². The summed E-state index contributed by atoms with van der Waals surface area (Å²) < 4.78 is 7.96. The molecule has 0 spiro atoms. The van der Waals surface area contributed by atoms with E-state index >= 15 is 0 Å². The number of aliphatic hydroxyl groups is 1. The quantitative estimate of drug-likeness (QED) is 0.698. The van der Waals surface area contributed by atoms with Crippen LogP contribution >= 0.6 is 0 Å². The monoisotopic (exact) mass is 379 g/mol. The molecule has 2 fully saturated rings. The van der Waals surface area contributed by atoms with E-state index in [2.05, 4.69) is 21.8 Å². The van der Waals surface area contributed by atoms with Crippen molar-refractivity contribution >= 4 is 5.91 Å². The van der Waals surface area contributed by atoms with Gasteiger partial charge in [0.1, 0.15) is 6.10 Å². The van der Waals surface area contributed by atoms with Gasteiger partial charge in [0.15, 0.2) is 0 Å². The summed E-state index contributed by atoms with van der Waals surface area (Å²) in [6.07, 6.45) is 9.36. The van der Waals surface area contributed by atoms with Gasteiger partial charge in [-0.05, 0) is 46.2 Å². The minimum absolute atomic E-state index is 0.0347. The zero-order valence-corrected chi connectivity index (χ0v) is 16.5. The summed E-state index contributed by atoms with van der Waals surface area (Å²) in [6, 6.07) is -0.126. The maximum Gasteiger partial charge on any atom is 0.234 e. The molecular formula is C19H33N5O3. The van der Waals surface area contributed by atoms with Gasteiger partial charge in [0.25, 0.3) is 0 Å². The first-order chi connectivity index (χ1) is 13.0. The first-order valence-corrected chi connectivity index (χ1v) is 10.2. The smallest absolute Gasteiger partial charge is 0.234 e. The van der Waals surface area contributed by atoms with Gasteiger partial charge in [0.2, 0.25) is 5.91 Å². The van der Waals surface area contributed by atoms with Crippen LogP contribution in [0.4, 0.5) is 0 Å². The lowest BCUT2D eigenvalue weighted by molar-refractivity contribution is -0.129. The molecule has 2 N–H and O–H groups in total. The van der Waals surface area contributed by atoms with Gasteiger partial charge >= 0.3 is 0 Å². The molecule has 27 heavy (non-hydrogen) atoms. The summed E-state index contributed by atoms with van der Waals surface area (Å²) in [5.74, 6) is 0.544. The van der Waals surface area contributed by atoms with E-state index in [0.29, 0.717) is 12.5 Å². The molecule has 8 nitrogen and oxygen atoms in total. The third kappa shape index (κ3) is 5.73. The van der Waals surface area contributed by atoms with E-state index in [1.54, 1.807) is 0 Å². The molecule has 8 heteroatoms. The van der Waals surface area contributed by atoms with Crippen LogP contribution in [0.25, 0.3) is 0 Å². The Bertz CT molecular complexity index is 600. The summed E-state index contributed by atoms with van der Waals surface area (Å²) in [4.78, 5) is 13.8. The average molecular weight is 380 g/mol. The minimum atomic E-state index is -0.348. The summed E-state index contributed by atoms with van der Waals surface area (Å²) >= 11 is 0. The van der Waals surface area contributed by atoms with Crippen molar-refractivity contribution < 1.29 is 14.6 Å². The molecule has 1 aliphatic carbocycles. The number of likely N-dealkylation sites (N-methyl/N-ethyl adjacent to an activating group) is 1. The molecule has 0 aromatic carbocycles. The molecule has 2 aliphatic rings. The zero-order chi connectivity index (χ0) is 19.2. The van der Waals surface area contributed by atoms with Gasteiger partial charge in [0, 0.05) is 18.7 Å². The van der Waals surface area contributed by atoms with Crippen LogP contribution in [0, 0.1) is 0 Å². The molecule has 1 aromatic rings. The van der Waals surface area contributed by atoms with Crippen molar-refractivity contribution in [2.75, 3.05) is 27.2 Å². The largest absolute Gasteiger partial charge is 0.394 e. The molecule has 2 heterocycles. The van der Waals surface area contributed by atoms with Crippen molar-refractivity contribution in [3.8, 4) is 0 Å². The first-order valence-electron chi connectivity index (χ1n) is 10.2. The predicted octanol–water partition coefficient (Wildman–Crippen LogP) is 0.912. The van der Waals surface area contributed by atoms with E-state index < -0.39 is 0 Å². The molecule has 1 aromatic heterocycles. The highest BCUT2D eigenvalue weighted by Gasteiger charge is 2.32. The maximum absolute atomic E-state index is 12.0. The predicted molar refractivity (Wildman–Crippen MR) is 101 cm³/mol. The van der Waals surface area contributed by atoms with E-state index in [4.69, 9.17) is 4.74 Å². The Hall–Kier alpha value is -1.51. The van der Waals surface area contributed by atoms with Gasteiger partial charge in [-0.15, -0.1) is 5.10 Å². The standard InChI is InChI=1S/C19H33N5O3/c1-23(2)12-19(26)20-16-8-7-15(27-18(16)13-25)9-10-24-11-17(21-22-24)14-5-3-4-6-14/h11,14-16,18,25H,3-10,12-13H2,1-2H3,(H,20,26)/t15-,16+,18+/m1/s1. The van der Waals surface area contributed by atoms with Gasteiger partial charge in [-0.2, -0.15) is 0 Å². The Labute approximate surface area is 161 Å². The highest BCUT2D eigenvalue weighted by molar-refractivity contribution is 5.78. The number of aromatic nitrogens is 3. The van der Waals surface area contributed by atoms with Crippen LogP contribution in [-0.4, -0.2) is 76.4 Å². The highest BCUT2D eigenvalue weighted by Crippen LogP contribution is 2.32. The van der Waals surface area contributed by atoms with Crippen LogP contribution in [0.1, 0.15) is 56.6 Å². The van der Waals surface area contributed by atoms with Crippen LogP contribution in [0.2, 0.25) is 0 Å². The number of hydrogen-bond acceptors (Lipinski definition) is 6. The van der Waals surface area contributed by atoms with Crippen molar-refractivity contribution in [2.45, 2.75) is 75.7 Å². The van der Waals surface area contributed by atoms with Gasteiger partial charge in [-0.1, -0.05) is 18.1 Å². The van der Waals surface area contributed by atoms with Crippen molar-refractivity contribution in [1.82, 2.24) is 25.2 Å². The second kappa shape index (κ2) is 9.61. The first kappa shape index (κ1) is 20.2. The lowest BCUT2D eigenvalue weighted by Gasteiger charge is -2.36. The number of nitrogens with one attached hydrogen (secondary N) is 1. The van der Waals surface area contributed by atoms with Gasteiger partial charge in [-0.3, -0.25) is 9.48 Å². The molecular weight excluding hydrogens is 346 g/mol. The molecule has 152 valence electrons. The van der Waals surface area contributed by atoms with E-state index in [1.165, 1.54) is 25.7 Å². The maximum atomic E-state index is 12.0. The molecule has 3 atom stereocenters. The lowest BCUT2D eigenvalue weighted by Crippen LogP contribution is -2.52. The molecule has 1 saturated heterocycles. The summed E-state index contributed by atoms with van der Waals surface area (Å²) in [7, 11) is 3.72. The summed E-state index contributed by atoms with van der Waals surface area (Å²) in [6.45, 7) is 1.02. The number of hydrogen-bond donors (Lipinski definition) is 2. The zero-order valence-electron chi connectivity index (χ0n) is 16.5. The van der Waals surface area contributed by atoms with E-state index in [-0.39, 0.29) is 30.8 Å². The molecule has 0 unspecified atom stereocenters. The topological polar surface area (TPSA) is 92.5 Å². The third-order valence-electron chi connectivity index (χ3n) is 5.61. The molecule has 3 rings (SSSR count). The summed E-state index contributed by atoms with van der Waals surface area (Å²) in [5, 5.41) is 21.3. The molecule has 1 amide bonds. The second-order valence-corrected chi connectivity index (χ2v) is 8.14. The van der Waals surface area contributed by atoms with Crippen LogP contribution < -0.4 is 5.32 Å². The van der Waals surface area contributed by atoms with Gasteiger partial charge in [-0.25, -0.2) is 0 Å². The van der Waals surface area contributed by atoms with Crippen molar-refractivity contribution in [3.63, 3.8) is 0 Å². The second-order valence-electron chi connectivity index (χ2n) is 8.14. The summed E-state index contributed by atoms with van der Waals surface area (Å²) in [5.41, 5.74) is 1.12. The Kier molecular flexibility index (Phi) is 7.20. The van der Waals surface area contributed by atoms with Crippen LogP contribution in [0.3, 0.4) is 0 Å². The Morgan fingerprint density at radius 3 is 2.81 bits per heavy atom. The van der Waals surface area contributed by atoms with Crippen LogP contribution in [-0.2, 0) is 16.1 Å². The van der Waals surface area contributed by atoms with Crippen LogP contribution in [0.5, 0.6) is 0 Å². The fourth-order valence-electron chi connectivity index (χ4n) is 4.16. The Morgan fingerprint density at radius 2 is 2.11 bits per heavy atom. The number of ether oxygens (including phenoxy) is 1. The van der Waals surface area contributed by atoms with E-state index in [1.807, 2.05) is 23.7 Å². The average Bonchev–Trinajstić information content (AvgIpc) is 3.31. The molecule has 0 radical (unpaired) electrons. The van der Waals surface area contributed by atoms with Crippen molar-refractivity contribution in [1.29, 1.82) is 0 Å². The number of aliphatic hydroxyl groups excluding tert-OH is 1. The highest BCUT2D eigenvalue weighted by atomic mass is 16.5. The third-order valence-corrected chi connectivity index (χ3v) is 5.61. The normalized spacial score (nSPS) is 26.6. The van der Waals surface area contributed by atoms with Crippen LogP contribution in [0.15, 0.2) is 6.20 Å². The number of carbonyl (C=O) groups is 1. The molecule has 0 bridgehead atoms. The SMILES string of the molecule is CN(C)CC(=O)N[C@H]1CC[C@H](CCn2cc(C3CCCC3)nn2)O[C@H]1CO. The fourth-order valence-corrected chi connectivity index (χ4v) is 4.16. The molecule has 1 aliphatic heterocycles. The lowest BCUT2D eigenvalue weighted by atomic mass is 9.97. The Balaban J connectivity index is 1.45. The fraction of sp³-hybridized carbons (Fsp3) is 0.842. The van der Waals surface area contributed by atoms with E-state index in [0.717, 1.165) is 31.5 Å². The number of amides is 1. The minimum Gasteiger partial charge on any atom is -0.394 e. The number of nitrogens with zero attached hydrogens (tertiary/aromatic N) is 4.